The molecule has 20 heavy (non-hydrogen) atoms. The summed E-state index contributed by atoms with van der Waals surface area (Å²) in [6, 6.07) is 7.99. The van der Waals surface area contributed by atoms with E-state index in [4.69, 9.17) is 16.3 Å². The molecule has 0 spiro atoms. The molecular formula is C15H22ClN3O. The number of likely N-dealkylation sites (N-methyl/N-ethyl adjacent to an activating group) is 1. The number of aliphatic imine (C=N–C) groups is 1. The Labute approximate surface area is 125 Å². The van der Waals surface area contributed by atoms with Crippen LogP contribution in [-0.2, 0) is 0 Å². The molecule has 1 aromatic rings. The Morgan fingerprint density at radius 3 is 2.65 bits per heavy atom. The Kier molecular flexibility index (Phi) is 5.12. The number of guanidine groups is 1. The molecule has 2 atom stereocenters. The van der Waals surface area contributed by atoms with Crippen molar-refractivity contribution >= 4 is 17.6 Å². The third-order valence-electron chi connectivity index (χ3n) is 3.51. The number of benzene rings is 1. The first-order chi connectivity index (χ1) is 9.60. The quantitative estimate of drug-likeness (QED) is 0.670. The lowest BCUT2D eigenvalue weighted by atomic mass is 10.3. The van der Waals surface area contributed by atoms with Crippen molar-refractivity contribution in [1.82, 2.24) is 10.2 Å². The average Bonchev–Trinajstić information content (AvgIpc) is 3.13. The Balaban J connectivity index is 1.73. The van der Waals surface area contributed by atoms with E-state index in [0.717, 1.165) is 29.2 Å². The van der Waals surface area contributed by atoms with E-state index >= 15 is 0 Å². The molecule has 0 saturated heterocycles. The van der Waals surface area contributed by atoms with Crippen LogP contribution in [0.4, 0.5) is 0 Å². The van der Waals surface area contributed by atoms with Crippen LogP contribution in [0.2, 0.25) is 5.02 Å². The Morgan fingerprint density at radius 2 is 2.10 bits per heavy atom. The molecule has 1 N–H and O–H groups in total. The summed E-state index contributed by atoms with van der Waals surface area (Å²) in [4.78, 5) is 6.38. The van der Waals surface area contributed by atoms with Crippen LogP contribution in [0.1, 0.15) is 13.3 Å². The van der Waals surface area contributed by atoms with Crippen LogP contribution in [-0.4, -0.2) is 44.1 Å². The minimum absolute atomic E-state index is 0.577. The molecule has 1 aliphatic rings. The SMILES string of the molecule is CN=C(NC1CC1C)N(C)CCOc1ccc(Cl)cc1. The van der Waals surface area contributed by atoms with E-state index in [9.17, 15) is 0 Å². The van der Waals surface area contributed by atoms with Gasteiger partial charge >= 0.3 is 0 Å². The van der Waals surface area contributed by atoms with Gasteiger partial charge in [-0.2, -0.15) is 0 Å². The first-order valence-corrected chi connectivity index (χ1v) is 7.30. The summed E-state index contributed by atoms with van der Waals surface area (Å²) in [5.41, 5.74) is 0. The second-order valence-corrected chi connectivity index (χ2v) is 5.67. The predicted octanol–water partition coefficient (Wildman–Crippen LogP) is 2.63. The number of nitrogens with one attached hydrogen (secondary N) is 1. The van der Waals surface area contributed by atoms with Gasteiger partial charge in [-0.15, -0.1) is 0 Å². The molecule has 2 unspecified atom stereocenters. The van der Waals surface area contributed by atoms with E-state index in [1.54, 1.807) is 0 Å². The van der Waals surface area contributed by atoms with E-state index in [1.165, 1.54) is 6.42 Å². The topological polar surface area (TPSA) is 36.9 Å². The van der Waals surface area contributed by atoms with E-state index in [-0.39, 0.29) is 0 Å². The van der Waals surface area contributed by atoms with Gasteiger partial charge in [0.15, 0.2) is 5.96 Å². The Hall–Kier alpha value is -1.42. The Bertz CT molecular complexity index is 461. The monoisotopic (exact) mass is 295 g/mol. The third kappa shape index (κ3) is 4.30. The van der Waals surface area contributed by atoms with Gasteiger partial charge in [-0.1, -0.05) is 18.5 Å². The lowest BCUT2D eigenvalue weighted by Gasteiger charge is -2.22. The van der Waals surface area contributed by atoms with Crippen molar-refractivity contribution in [1.29, 1.82) is 0 Å². The smallest absolute Gasteiger partial charge is 0.193 e. The highest BCUT2D eigenvalue weighted by atomic mass is 35.5. The van der Waals surface area contributed by atoms with Crippen LogP contribution in [0.25, 0.3) is 0 Å². The van der Waals surface area contributed by atoms with Crippen LogP contribution >= 0.6 is 11.6 Å². The van der Waals surface area contributed by atoms with Crippen LogP contribution in [0, 0.1) is 5.92 Å². The molecule has 2 rings (SSSR count). The molecule has 1 saturated carbocycles. The van der Waals surface area contributed by atoms with Gasteiger partial charge in [0.1, 0.15) is 12.4 Å². The number of hydrogen-bond donors (Lipinski definition) is 1. The highest BCUT2D eigenvalue weighted by Gasteiger charge is 2.33. The van der Waals surface area contributed by atoms with Crippen molar-refractivity contribution < 1.29 is 4.74 Å². The maximum atomic E-state index is 5.83. The number of nitrogens with zero attached hydrogens (tertiary/aromatic N) is 2. The summed E-state index contributed by atoms with van der Waals surface area (Å²) in [6.45, 7) is 3.64. The summed E-state index contributed by atoms with van der Waals surface area (Å²) in [7, 11) is 3.83. The van der Waals surface area contributed by atoms with Gasteiger partial charge in [-0.25, -0.2) is 0 Å². The standard InChI is InChI=1S/C15H22ClN3O/c1-11-10-14(11)18-15(17-2)19(3)8-9-20-13-6-4-12(16)5-7-13/h4-7,11,14H,8-10H2,1-3H3,(H,17,18). The Morgan fingerprint density at radius 1 is 1.45 bits per heavy atom. The molecule has 0 amide bonds. The van der Waals surface area contributed by atoms with Crippen molar-refractivity contribution in [3.8, 4) is 5.75 Å². The molecule has 0 radical (unpaired) electrons. The van der Waals surface area contributed by atoms with Gasteiger partial charge in [0.25, 0.3) is 0 Å². The fourth-order valence-corrected chi connectivity index (χ4v) is 2.10. The molecule has 5 heteroatoms. The van der Waals surface area contributed by atoms with E-state index in [2.05, 4.69) is 22.1 Å². The molecule has 4 nitrogen and oxygen atoms in total. The van der Waals surface area contributed by atoms with Crippen LogP contribution in [0.5, 0.6) is 5.75 Å². The molecule has 1 aromatic carbocycles. The lowest BCUT2D eigenvalue weighted by Crippen LogP contribution is -2.42. The fraction of sp³-hybridized carbons (Fsp3) is 0.533. The van der Waals surface area contributed by atoms with Gasteiger partial charge in [0, 0.05) is 25.2 Å². The minimum Gasteiger partial charge on any atom is -0.492 e. The number of halogens is 1. The zero-order valence-electron chi connectivity index (χ0n) is 12.3. The summed E-state index contributed by atoms with van der Waals surface area (Å²) in [6.07, 6.45) is 1.23. The average molecular weight is 296 g/mol. The molecule has 0 heterocycles. The molecule has 0 aromatic heterocycles. The normalized spacial score (nSPS) is 21.5. The van der Waals surface area contributed by atoms with E-state index in [0.29, 0.717) is 12.6 Å². The van der Waals surface area contributed by atoms with Crippen molar-refractivity contribution in [2.24, 2.45) is 10.9 Å². The largest absolute Gasteiger partial charge is 0.492 e. The van der Waals surface area contributed by atoms with Gasteiger partial charge in [-0.05, 0) is 36.6 Å². The van der Waals surface area contributed by atoms with Gasteiger partial charge in [0.2, 0.25) is 0 Å². The third-order valence-corrected chi connectivity index (χ3v) is 3.76. The van der Waals surface area contributed by atoms with Gasteiger partial charge in [0.05, 0.1) is 6.54 Å². The molecule has 110 valence electrons. The van der Waals surface area contributed by atoms with E-state index < -0.39 is 0 Å². The van der Waals surface area contributed by atoms with Crippen molar-refractivity contribution in [3.05, 3.63) is 29.3 Å². The molecule has 0 bridgehead atoms. The molecule has 0 aliphatic heterocycles. The minimum atomic E-state index is 0.577. The summed E-state index contributed by atoms with van der Waals surface area (Å²) in [5, 5.41) is 4.17. The van der Waals surface area contributed by atoms with Crippen molar-refractivity contribution in [3.63, 3.8) is 0 Å². The van der Waals surface area contributed by atoms with Gasteiger partial charge < -0.3 is 15.0 Å². The van der Waals surface area contributed by atoms with Gasteiger partial charge in [-0.3, -0.25) is 4.99 Å². The van der Waals surface area contributed by atoms with Crippen molar-refractivity contribution in [2.45, 2.75) is 19.4 Å². The van der Waals surface area contributed by atoms with Crippen molar-refractivity contribution in [2.75, 3.05) is 27.2 Å². The van der Waals surface area contributed by atoms with Crippen LogP contribution < -0.4 is 10.1 Å². The second-order valence-electron chi connectivity index (χ2n) is 5.23. The first kappa shape index (κ1) is 15.0. The number of hydrogen-bond acceptors (Lipinski definition) is 2. The number of ether oxygens (including phenoxy) is 1. The second kappa shape index (κ2) is 6.84. The zero-order valence-corrected chi connectivity index (χ0v) is 13.0. The summed E-state index contributed by atoms with van der Waals surface area (Å²) >= 11 is 5.83. The van der Waals surface area contributed by atoms with Crippen LogP contribution in [0.3, 0.4) is 0 Å². The van der Waals surface area contributed by atoms with Crippen LogP contribution in [0.15, 0.2) is 29.3 Å². The van der Waals surface area contributed by atoms with E-state index in [1.807, 2.05) is 38.4 Å². The maximum Gasteiger partial charge on any atom is 0.193 e. The highest BCUT2D eigenvalue weighted by molar-refractivity contribution is 6.30. The predicted molar refractivity (Wildman–Crippen MR) is 83.6 cm³/mol. The first-order valence-electron chi connectivity index (χ1n) is 6.93. The molecule has 1 aliphatic carbocycles. The molecular weight excluding hydrogens is 274 g/mol. The maximum absolute atomic E-state index is 5.83. The summed E-state index contributed by atoms with van der Waals surface area (Å²) in [5.74, 6) is 2.52. The number of rotatable bonds is 5. The fourth-order valence-electron chi connectivity index (χ4n) is 1.97. The zero-order chi connectivity index (χ0) is 14.5. The molecule has 1 fully saturated rings. The highest BCUT2D eigenvalue weighted by Crippen LogP contribution is 2.29. The summed E-state index contributed by atoms with van der Waals surface area (Å²) < 4.78 is 5.68. The lowest BCUT2D eigenvalue weighted by molar-refractivity contribution is 0.281.